The molecule has 3 aliphatic rings. The first kappa shape index (κ1) is 22.0. The van der Waals surface area contributed by atoms with Gasteiger partial charge in [0.2, 0.25) is 0 Å². The first-order valence-corrected chi connectivity index (χ1v) is 12.0. The van der Waals surface area contributed by atoms with Gasteiger partial charge < -0.3 is 9.14 Å². The molecule has 3 aliphatic heterocycles. The summed E-state index contributed by atoms with van der Waals surface area (Å²) in [5.74, 6) is 0.507. The zero-order valence-electron chi connectivity index (χ0n) is 20.3. The fraction of sp³-hybridized carbons (Fsp3) is 0.481. The molecule has 33 heavy (non-hydrogen) atoms. The van der Waals surface area contributed by atoms with Crippen molar-refractivity contribution < 1.29 is 9.53 Å². The van der Waals surface area contributed by atoms with Gasteiger partial charge in [0, 0.05) is 31.4 Å². The van der Waals surface area contributed by atoms with Gasteiger partial charge in [0.25, 0.3) is 0 Å². The summed E-state index contributed by atoms with van der Waals surface area (Å²) >= 11 is 0. The lowest BCUT2D eigenvalue weighted by atomic mass is 9.88. The number of ether oxygens (including phenoxy) is 1. The fourth-order valence-corrected chi connectivity index (χ4v) is 5.11. The number of imidazole rings is 1. The van der Waals surface area contributed by atoms with Crippen molar-refractivity contribution in [3.05, 3.63) is 59.9 Å². The zero-order chi connectivity index (χ0) is 23.3. The number of rotatable bonds is 4. The van der Waals surface area contributed by atoms with Gasteiger partial charge in [-0.15, -0.1) is 0 Å². The van der Waals surface area contributed by atoms with Crippen molar-refractivity contribution in [2.75, 3.05) is 13.1 Å². The monoisotopic (exact) mass is 446 g/mol. The first-order chi connectivity index (χ1) is 15.7. The smallest absolute Gasteiger partial charge is 0.410 e. The highest BCUT2D eigenvalue weighted by atomic mass is 16.6. The molecule has 2 bridgehead atoms. The number of hydrogen-bond acceptors (Lipinski definition) is 4. The van der Waals surface area contributed by atoms with Crippen LogP contribution in [0.2, 0.25) is 0 Å². The fourth-order valence-electron chi connectivity index (χ4n) is 5.11. The second-order valence-electron chi connectivity index (χ2n) is 10.7. The molecule has 6 nitrogen and oxygen atoms in total. The van der Waals surface area contributed by atoms with Crippen LogP contribution in [0, 0.1) is 0 Å². The Labute approximate surface area is 196 Å². The summed E-state index contributed by atoms with van der Waals surface area (Å²) < 4.78 is 7.84. The molecule has 5 heterocycles. The van der Waals surface area contributed by atoms with Crippen LogP contribution in [-0.4, -0.2) is 56.1 Å². The maximum Gasteiger partial charge on any atom is 0.410 e. The van der Waals surface area contributed by atoms with Gasteiger partial charge in [0.05, 0.1) is 23.5 Å². The third kappa shape index (κ3) is 4.24. The van der Waals surface area contributed by atoms with Crippen LogP contribution in [0.25, 0.3) is 16.9 Å². The Kier molecular flexibility index (Phi) is 5.44. The summed E-state index contributed by atoms with van der Waals surface area (Å²) in [5, 5.41) is 0. The first-order valence-electron chi connectivity index (χ1n) is 12.0. The summed E-state index contributed by atoms with van der Waals surface area (Å²) in [4.78, 5) is 22.0. The van der Waals surface area contributed by atoms with Gasteiger partial charge in [0.1, 0.15) is 11.2 Å². The standard InChI is InChI=1S/C27H34N4O2/c1-18(2)19-9-11-20(12-10-19)25-23(30-13-7-6-8-24(30)28-25)17-29-15-21-14-22(16-29)31(21)26(32)33-27(3,4)5/h6-13,18,21-22H,14-17H2,1-5H3. The molecule has 0 aliphatic carbocycles. The van der Waals surface area contributed by atoms with Gasteiger partial charge in [-0.2, -0.15) is 0 Å². The highest BCUT2D eigenvalue weighted by Crippen LogP contribution is 2.35. The molecule has 0 saturated carbocycles. The lowest BCUT2D eigenvalue weighted by Gasteiger charge is -2.55. The van der Waals surface area contributed by atoms with E-state index in [1.54, 1.807) is 0 Å². The van der Waals surface area contributed by atoms with Crippen LogP contribution in [0.1, 0.15) is 58.2 Å². The summed E-state index contributed by atoms with van der Waals surface area (Å²) in [6.07, 6.45) is 2.98. The topological polar surface area (TPSA) is 50.1 Å². The van der Waals surface area contributed by atoms with Gasteiger partial charge in [-0.3, -0.25) is 9.80 Å². The van der Waals surface area contributed by atoms with E-state index in [2.05, 4.69) is 65.7 Å². The predicted octanol–water partition coefficient (Wildman–Crippen LogP) is 5.32. The number of amides is 1. The van der Waals surface area contributed by atoms with Crippen molar-refractivity contribution in [1.29, 1.82) is 0 Å². The molecule has 174 valence electrons. The molecule has 3 fully saturated rings. The zero-order valence-corrected chi connectivity index (χ0v) is 20.3. The highest BCUT2D eigenvalue weighted by Gasteiger charge is 2.48. The van der Waals surface area contributed by atoms with Crippen LogP contribution in [0.15, 0.2) is 48.7 Å². The van der Waals surface area contributed by atoms with Crippen LogP contribution < -0.4 is 0 Å². The van der Waals surface area contributed by atoms with E-state index in [4.69, 9.17) is 9.72 Å². The second kappa shape index (κ2) is 8.17. The van der Waals surface area contributed by atoms with E-state index in [9.17, 15) is 4.79 Å². The molecule has 0 radical (unpaired) electrons. The molecule has 2 unspecified atom stereocenters. The van der Waals surface area contributed by atoms with Crippen LogP contribution in [0.4, 0.5) is 4.79 Å². The molecule has 1 amide bonds. The molecule has 0 N–H and O–H groups in total. The number of hydrogen-bond donors (Lipinski definition) is 0. The van der Waals surface area contributed by atoms with E-state index in [0.29, 0.717) is 5.92 Å². The summed E-state index contributed by atoms with van der Waals surface area (Å²) in [6, 6.07) is 15.4. The van der Waals surface area contributed by atoms with E-state index >= 15 is 0 Å². The number of piperidine rings is 1. The highest BCUT2D eigenvalue weighted by molar-refractivity contribution is 5.71. The molecule has 0 spiro atoms. The molecular formula is C27H34N4O2. The lowest BCUT2D eigenvalue weighted by molar-refractivity contribution is -0.0784. The average Bonchev–Trinajstić information content (AvgIpc) is 3.11. The predicted molar refractivity (Wildman–Crippen MR) is 130 cm³/mol. The minimum Gasteiger partial charge on any atom is -0.444 e. The molecule has 2 atom stereocenters. The number of nitrogens with zero attached hydrogens (tertiary/aromatic N) is 4. The Morgan fingerprint density at radius 1 is 1.09 bits per heavy atom. The third-order valence-corrected chi connectivity index (χ3v) is 6.73. The van der Waals surface area contributed by atoms with Gasteiger partial charge in [-0.25, -0.2) is 9.78 Å². The van der Waals surface area contributed by atoms with Gasteiger partial charge in [-0.1, -0.05) is 44.2 Å². The SMILES string of the molecule is CC(C)c1ccc(-c2nc3ccccn3c2CN2CC3CC(C2)N3C(=O)OC(C)(C)C)cc1. The van der Waals surface area contributed by atoms with Crippen molar-refractivity contribution in [3.8, 4) is 11.3 Å². The normalized spacial score (nSPS) is 20.8. The summed E-state index contributed by atoms with van der Waals surface area (Å²) in [6.45, 7) is 12.7. The van der Waals surface area contributed by atoms with Crippen molar-refractivity contribution in [1.82, 2.24) is 19.2 Å². The van der Waals surface area contributed by atoms with Gasteiger partial charge in [0.15, 0.2) is 0 Å². The van der Waals surface area contributed by atoms with E-state index < -0.39 is 5.60 Å². The van der Waals surface area contributed by atoms with E-state index in [0.717, 1.165) is 43.0 Å². The van der Waals surface area contributed by atoms with Crippen LogP contribution in [-0.2, 0) is 11.3 Å². The third-order valence-electron chi connectivity index (χ3n) is 6.73. The number of piperazine rings is 1. The quantitative estimate of drug-likeness (QED) is 0.544. The number of carbonyl (C=O) groups excluding carboxylic acids is 1. The van der Waals surface area contributed by atoms with Gasteiger partial charge >= 0.3 is 6.09 Å². The number of aromatic nitrogens is 2. The minimum atomic E-state index is -0.461. The Hall–Kier alpha value is -2.86. The molecule has 3 saturated heterocycles. The van der Waals surface area contributed by atoms with E-state index in [1.165, 1.54) is 11.3 Å². The molecule has 3 aromatic rings. The largest absolute Gasteiger partial charge is 0.444 e. The summed E-state index contributed by atoms with van der Waals surface area (Å²) in [7, 11) is 0. The van der Waals surface area contributed by atoms with Crippen LogP contribution in [0.3, 0.4) is 0 Å². The van der Waals surface area contributed by atoms with Crippen molar-refractivity contribution in [3.63, 3.8) is 0 Å². The van der Waals surface area contributed by atoms with Crippen molar-refractivity contribution in [2.45, 2.75) is 71.2 Å². The maximum absolute atomic E-state index is 12.6. The van der Waals surface area contributed by atoms with Crippen molar-refractivity contribution >= 4 is 11.7 Å². The number of carbonyl (C=O) groups is 1. The molecule has 6 rings (SSSR count). The van der Waals surface area contributed by atoms with Gasteiger partial charge in [-0.05, 0) is 50.8 Å². The van der Waals surface area contributed by atoms with E-state index in [1.807, 2.05) is 31.7 Å². The Balaban J connectivity index is 1.38. The number of fused-ring (bicyclic) bond motifs is 3. The minimum absolute atomic E-state index is 0.177. The summed E-state index contributed by atoms with van der Waals surface area (Å²) in [5.41, 5.74) is 5.23. The number of benzene rings is 1. The average molecular weight is 447 g/mol. The Morgan fingerprint density at radius 2 is 1.79 bits per heavy atom. The van der Waals surface area contributed by atoms with E-state index in [-0.39, 0.29) is 18.2 Å². The molecular weight excluding hydrogens is 412 g/mol. The van der Waals surface area contributed by atoms with Crippen molar-refractivity contribution in [2.24, 2.45) is 0 Å². The molecule has 1 aromatic carbocycles. The van der Waals surface area contributed by atoms with Crippen LogP contribution in [0.5, 0.6) is 0 Å². The molecule has 2 aromatic heterocycles. The Bertz CT molecular complexity index is 1150. The Morgan fingerprint density at radius 3 is 2.42 bits per heavy atom. The second-order valence-corrected chi connectivity index (χ2v) is 10.7. The lowest BCUT2D eigenvalue weighted by Crippen LogP contribution is -2.70. The molecule has 6 heteroatoms. The maximum atomic E-state index is 12.6. The number of pyridine rings is 1. The van der Waals surface area contributed by atoms with Crippen LogP contribution >= 0.6 is 0 Å².